The van der Waals surface area contributed by atoms with Crippen LogP contribution in [0.5, 0.6) is 0 Å². The third kappa shape index (κ3) is 6.32. The molecule has 11 heteroatoms. The maximum Gasteiger partial charge on any atom is 0.339 e. The molecule has 0 spiro atoms. The summed E-state index contributed by atoms with van der Waals surface area (Å²) in [6, 6.07) is 9.83. The molecule has 1 aliphatic heterocycles. The quantitative estimate of drug-likeness (QED) is 0.385. The number of carbonyl (C=O) groups excluding carboxylic acids is 2. The van der Waals surface area contributed by atoms with Crippen LogP contribution >= 0.6 is 34.8 Å². The van der Waals surface area contributed by atoms with E-state index in [4.69, 9.17) is 44.1 Å². The van der Waals surface area contributed by atoms with Gasteiger partial charge in [-0.1, -0.05) is 40.0 Å². The van der Waals surface area contributed by atoms with Crippen molar-refractivity contribution in [3.8, 4) is 11.4 Å². The standard InChI is InChI=1S/C24H23Cl3N4O4/c1-2-34-24(33)18-11-16(6-8-19(18)26)28-23(32)14-4-3-9-31(12-14)13-21-29-22(30-35-21)17-7-5-15(25)10-20(17)27/h5-8,10-11,14H,2-4,9,12-13H2,1H3,(H,28,32). The fourth-order valence-electron chi connectivity index (χ4n) is 3.92. The van der Waals surface area contributed by atoms with Crippen molar-refractivity contribution in [1.82, 2.24) is 15.0 Å². The molecule has 1 atom stereocenters. The van der Waals surface area contributed by atoms with Crippen LogP contribution in [0.15, 0.2) is 40.9 Å². The monoisotopic (exact) mass is 536 g/mol. The molecule has 0 bridgehead atoms. The molecule has 1 N–H and O–H groups in total. The van der Waals surface area contributed by atoms with Crippen LogP contribution in [0.2, 0.25) is 15.1 Å². The molecule has 2 aromatic carbocycles. The average molecular weight is 538 g/mol. The molecule has 1 aliphatic rings. The van der Waals surface area contributed by atoms with Crippen molar-refractivity contribution >= 4 is 52.4 Å². The number of ether oxygens (including phenoxy) is 1. The molecule has 1 fully saturated rings. The zero-order chi connectivity index (χ0) is 24.9. The largest absolute Gasteiger partial charge is 0.462 e. The lowest BCUT2D eigenvalue weighted by atomic mass is 9.97. The summed E-state index contributed by atoms with van der Waals surface area (Å²) < 4.78 is 10.4. The third-order valence-corrected chi connectivity index (χ3v) is 6.48. The second-order valence-electron chi connectivity index (χ2n) is 8.11. The predicted molar refractivity (Wildman–Crippen MR) is 134 cm³/mol. The molecule has 2 heterocycles. The number of hydrogen-bond donors (Lipinski definition) is 1. The molecule has 1 unspecified atom stereocenters. The Morgan fingerprint density at radius 2 is 2.00 bits per heavy atom. The number of rotatable bonds is 7. The Labute approximate surface area is 217 Å². The van der Waals surface area contributed by atoms with Crippen molar-refractivity contribution < 1.29 is 18.8 Å². The number of nitrogens with zero attached hydrogens (tertiary/aromatic N) is 3. The Morgan fingerprint density at radius 3 is 2.77 bits per heavy atom. The summed E-state index contributed by atoms with van der Waals surface area (Å²) in [5.74, 6) is -0.0854. The minimum absolute atomic E-state index is 0.133. The molecule has 8 nitrogen and oxygen atoms in total. The first-order chi connectivity index (χ1) is 16.8. The van der Waals surface area contributed by atoms with E-state index in [2.05, 4.69) is 20.4 Å². The highest BCUT2D eigenvalue weighted by Crippen LogP contribution is 2.29. The lowest BCUT2D eigenvalue weighted by Gasteiger charge is -2.30. The van der Waals surface area contributed by atoms with E-state index >= 15 is 0 Å². The van der Waals surface area contributed by atoms with Gasteiger partial charge in [0.05, 0.1) is 34.7 Å². The Hall–Kier alpha value is -2.65. The highest BCUT2D eigenvalue weighted by Gasteiger charge is 2.27. The lowest BCUT2D eigenvalue weighted by Crippen LogP contribution is -2.40. The number of anilines is 1. The molecule has 1 saturated heterocycles. The summed E-state index contributed by atoms with van der Waals surface area (Å²) in [5.41, 5.74) is 1.33. The molecule has 184 valence electrons. The van der Waals surface area contributed by atoms with Crippen molar-refractivity contribution in [2.45, 2.75) is 26.3 Å². The third-order valence-electron chi connectivity index (χ3n) is 5.60. The number of esters is 1. The number of benzene rings is 2. The van der Waals surface area contributed by atoms with Crippen LogP contribution in [0.1, 0.15) is 36.0 Å². The summed E-state index contributed by atoms with van der Waals surface area (Å²) in [6.07, 6.45) is 1.59. The Bertz CT molecular complexity index is 1230. The van der Waals surface area contributed by atoms with E-state index in [9.17, 15) is 9.59 Å². The van der Waals surface area contributed by atoms with Gasteiger partial charge in [0, 0.05) is 22.8 Å². The zero-order valence-corrected chi connectivity index (χ0v) is 21.2. The number of amides is 1. The second-order valence-corrected chi connectivity index (χ2v) is 9.37. The van der Waals surface area contributed by atoms with Gasteiger partial charge in [0.2, 0.25) is 17.6 Å². The highest BCUT2D eigenvalue weighted by atomic mass is 35.5. The van der Waals surface area contributed by atoms with Gasteiger partial charge in [-0.15, -0.1) is 0 Å². The Balaban J connectivity index is 1.38. The van der Waals surface area contributed by atoms with Gasteiger partial charge in [-0.3, -0.25) is 9.69 Å². The van der Waals surface area contributed by atoms with Gasteiger partial charge < -0.3 is 14.6 Å². The normalized spacial score (nSPS) is 16.2. The number of hydrogen-bond acceptors (Lipinski definition) is 7. The van der Waals surface area contributed by atoms with E-state index < -0.39 is 5.97 Å². The van der Waals surface area contributed by atoms with Crippen LogP contribution in [0.25, 0.3) is 11.4 Å². The SMILES string of the molecule is CCOC(=O)c1cc(NC(=O)C2CCCN(Cc3nc(-c4ccc(Cl)cc4Cl)no3)C2)ccc1Cl. The van der Waals surface area contributed by atoms with Crippen molar-refractivity contribution in [3.63, 3.8) is 0 Å². The van der Waals surface area contributed by atoms with Gasteiger partial charge in [0.25, 0.3) is 0 Å². The maximum absolute atomic E-state index is 12.9. The molecule has 4 rings (SSSR count). The molecule has 0 saturated carbocycles. The number of aromatic nitrogens is 2. The smallest absolute Gasteiger partial charge is 0.339 e. The van der Waals surface area contributed by atoms with Gasteiger partial charge in [-0.05, 0) is 62.7 Å². The molecular formula is C24H23Cl3N4O4. The van der Waals surface area contributed by atoms with E-state index in [1.165, 1.54) is 6.07 Å². The summed E-state index contributed by atoms with van der Waals surface area (Å²) in [4.78, 5) is 31.6. The fourth-order valence-corrected chi connectivity index (χ4v) is 4.60. The molecule has 3 aromatic rings. The van der Waals surface area contributed by atoms with Gasteiger partial charge in [-0.2, -0.15) is 4.98 Å². The topological polar surface area (TPSA) is 97.6 Å². The van der Waals surface area contributed by atoms with E-state index in [0.29, 0.717) is 46.1 Å². The van der Waals surface area contributed by atoms with Crippen LogP contribution in [0, 0.1) is 5.92 Å². The Kier molecular flexibility index (Phi) is 8.28. The zero-order valence-electron chi connectivity index (χ0n) is 18.9. The van der Waals surface area contributed by atoms with E-state index in [1.807, 2.05) is 0 Å². The van der Waals surface area contributed by atoms with Crippen molar-refractivity contribution in [1.29, 1.82) is 0 Å². The predicted octanol–water partition coefficient (Wildman–Crippen LogP) is 5.72. The molecule has 1 amide bonds. The fraction of sp³-hybridized carbons (Fsp3) is 0.333. The van der Waals surface area contributed by atoms with Crippen molar-refractivity contribution in [2.75, 3.05) is 25.0 Å². The minimum Gasteiger partial charge on any atom is -0.462 e. The van der Waals surface area contributed by atoms with Crippen LogP contribution < -0.4 is 5.32 Å². The maximum atomic E-state index is 12.9. The van der Waals surface area contributed by atoms with Gasteiger partial charge in [0.1, 0.15) is 0 Å². The summed E-state index contributed by atoms with van der Waals surface area (Å²) in [6.45, 7) is 3.70. The number of nitrogens with one attached hydrogen (secondary N) is 1. The first-order valence-electron chi connectivity index (χ1n) is 11.1. The van der Waals surface area contributed by atoms with Crippen molar-refractivity contribution in [3.05, 3.63) is 62.9 Å². The molecule has 0 aliphatic carbocycles. The average Bonchev–Trinajstić information content (AvgIpc) is 3.28. The number of halogens is 3. The number of carbonyl (C=O) groups is 2. The van der Waals surface area contributed by atoms with Gasteiger partial charge in [-0.25, -0.2) is 4.79 Å². The first kappa shape index (κ1) is 25.4. The van der Waals surface area contributed by atoms with Crippen LogP contribution in [0.4, 0.5) is 5.69 Å². The van der Waals surface area contributed by atoms with Crippen LogP contribution in [0.3, 0.4) is 0 Å². The van der Waals surface area contributed by atoms with E-state index in [-0.39, 0.29) is 29.0 Å². The summed E-state index contributed by atoms with van der Waals surface area (Å²) in [7, 11) is 0. The van der Waals surface area contributed by atoms with Gasteiger partial charge >= 0.3 is 5.97 Å². The van der Waals surface area contributed by atoms with Crippen LogP contribution in [-0.4, -0.2) is 46.6 Å². The van der Waals surface area contributed by atoms with E-state index in [1.54, 1.807) is 37.3 Å². The van der Waals surface area contributed by atoms with Gasteiger partial charge in [0.15, 0.2) is 0 Å². The molecule has 1 aromatic heterocycles. The number of likely N-dealkylation sites (tertiary alicyclic amines) is 1. The second kappa shape index (κ2) is 11.4. The molecule has 0 radical (unpaired) electrons. The van der Waals surface area contributed by atoms with Crippen LogP contribution in [-0.2, 0) is 16.1 Å². The Morgan fingerprint density at radius 1 is 1.17 bits per heavy atom. The highest BCUT2D eigenvalue weighted by molar-refractivity contribution is 6.36. The van der Waals surface area contributed by atoms with E-state index in [0.717, 1.165) is 19.4 Å². The minimum atomic E-state index is -0.531. The lowest BCUT2D eigenvalue weighted by molar-refractivity contribution is -0.121. The molecular weight excluding hydrogens is 515 g/mol. The molecule has 35 heavy (non-hydrogen) atoms. The van der Waals surface area contributed by atoms with Crippen molar-refractivity contribution in [2.24, 2.45) is 5.92 Å². The summed E-state index contributed by atoms with van der Waals surface area (Å²) in [5, 5.41) is 8.14. The first-order valence-corrected chi connectivity index (χ1v) is 12.2. The number of piperidine rings is 1. The summed E-state index contributed by atoms with van der Waals surface area (Å²) >= 11 is 18.3.